The first kappa shape index (κ1) is 13.3. The lowest BCUT2D eigenvalue weighted by atomic mass is 9.79. The maximum Gasteiger partial charge on any atom is 0.166 e. The molecule has 2 atom stereocenters. The molecular weight excluding hydrogens is 347 g/mol. The van der Waals surface area contributed by atoms with Gasteiger partial charge in [-0.3, -0.25) is 4.79 Å². The summed E-state index contributed by atoms with van der Waals surface area (Å²) in [6, 6.07) is 5.63. The number of carbonyl (C=O) groups is 1. The molecule has 0 saturated heterocycles. The molecule has 0 N–H and O–H groups in total. The fourth-order valence-electron chi connectivity index (χ4n) is 2.56. The first-order valence-electron chi connectivity index (χ1n) is 6.07. The van der Waals surface area contributed by atoms with Gasteiger partial charge < -0.3 is 0 Å². The average molecular weight is 363 g/mol. The fraction of sp³-hybridized carbons (Fsp3) is 0.500. The third kappa shape index (κ3) is 3.22. The SMILES string of the molecule is CC1CCCC(C(=O)c2ccc(I)c(Cl)c2)C1. The Balaban J connectivity index is 2.15. The highest BCUT2D eigenvalue weighted by Crippen LogP contribution is 2.31. The van der Waals surface area contributed by atoms with E-state index in [1.807, 2.05) is 18.2 Å². The van der Waals surface area contributed by atoms with Crippen molar-refractivity contribution in [1.29, 1.82) is 0 Å². The van der Waals surface area contributed by atoms with Crippen LogP contribution in [0.1, 0.15) is 43.0 Å². The van der Waals surface area contributed by atoms with Crippen LogP contribution in [0.2, 0.25) is 5.02 Å². The summed E-state index contributed by atoms with van der Waals surface area (Å²) < 4.78 is 0.998. The van der Waals surface area contributed by atoms with Crippen LogP contribution in [0, 0.1) is 15.4 Å². The highest BCUT2D eigenvalue weighted by molar-refractivity contribution is 14.1. The van der Waals surface area contributed by atoms with Crippen molar-refractivity contribution in [3.63, 3.8) is 0 Å². The first-order valence-corrected chi connectivity index (χ1v) is 7.53. The minimum Gasteiger partial charge on any atom is -0.294 e. The molecule has 92 valence electrons. The lowest BCUT2D eigenvalue weighted by molar-refractivity contribution is 0.0868. The Labute approximate surface area is 121 Å². The molecule has 0 spiro atoms. The van der Waals surface area contributed by atoms with E-state index in [1.54, 1.807) is 0 Å². The molecule has 1 fully saturated rings. The third-order valence-corrected chi connectivity index (χ3v) is 5.08. The van der Waals surface area contributed by atoms with Gasteiger partial charge in [-0.05, 0) is 53.5 Å². The van der Waals surface area contributed by atoms with Crippen molar-refractivity contribution in [2.75, 3.05) is 0 Å². The molecule has 1 aromatic rings. The summed E-state index contributed by atoms with van der Waals surface area (Å²) in [6.07, 6.45) is 4.50. The van der Waals surface area contributed by atoms with Crippen molar-refractivity contribution >= 4 is 40.0 Å². The fourth-order valence-corrected chi connectivity index (χ4v) is 3.07. The molecular formula is C14H16ClIO. The molecule has 1 aliphatic carbocycles. The predicted molar refractivity (Wildman–Crippen MR) is 79.6 cm³/mol. The van der Waals surface area contributed by atoms with Crippen LogP contribution in [0.5, 0.6) is 0 Å². The number of ketones is 1. The number of Topliss-reactive ketones (excluding diaryl/α,β-unsaturated/α-hetero) is 1. The van der Waals surface area contributed by atoms with Gasteiger partial charge >= 0.3 is 0 Å². The van der Waals surface area contributed by atoms with E-state index in [2.05, 4.69) is 29.5 Å². The van der Waals surface area contributed by atoms with Crippen LogP contribution >= 0.6 is 34.2 Å². The van der Waals surface area contributed by atoms with Gasteiger partial charge in [-0.25, -0.2) is 0 Å². The predicted octanol–water partition coefficient (Wildman–Crippen LogP) is 4.95. The molecule has 0 aromatic heterocycles. The van der Waals surface area contributed by atoms with Crippen molar-refractivity contribution in [1.82, 2.24) is 0 Å². The topological polar surface area (TPSA) is 17.1 Å². The Bertz CT molecular complexity index is 430. The smallest absolute Gasteiger partial charge is 0.166 e. The summed E-state index contributed by atoms with van der Waals surface area (Å²) in [5.41, 5.74) is 0.773. The van der Waals surface area contributed by atoms with E-state index in [1.165, 1.54) is 12.8 Å². The van der Waals surface area contributed by atoms with Gasteiger partial charge in [0.2, 0.25) is 0 Å². The van der Waals surface area contributed by atoms with E-state index < -0.39 is 0 Å². The molecule has 1 nitrogen and oxygen atoms in total. The van der Waals surface area contributed by atoms with Gasteiger partial charge in [-0.2, -0.15) is 0 Å². The van der Waals surface area contributed by atoms with E-state index in [9.17, 15) is 4.79 Å². The quantitative estimate of drug-likeness (QED) is 0.537. The average Bonchev–Trinajstić information content (AvgIpc) is 2.32. The second-order valence-corrected chi connectivity index (χ2v) is 6.53. The van der Waals surface area contributed by atoms with Gasteiger partial charge in [0, 0.05) is 15.1 Å². The largest absolute Gasteiger partial charge is 0.294 e. The third-order valence-electron chi connectivity index (χ3n) is 3.51. The highest BCUT2D eigenvalue weighted by Gasteiger charge is 2.25. The molecule has 1 saturated carbocycles. The molecule has 1 aromatic carbocycles. The number of hydrogen-bond acceptors (Lipinski definition) is 1. The summed E-state index contributed by atoms with van der Waals surface area (Å²) >= 11 is 8.24. The summed E-state index contributed by atoms with van der Waals surface area (Å²) in [6.45, 7) is 2.24. The molecule has 1 aliphatic rings. The summed E-state index contributed by atoms with van der Waals surface area (Å²) in [5.74, 6) is 1.15. The van der Waals surface area contributed by atoms with Crippen molar-refractivity contribution in [3.05, 3.63) is 32.4 Å². The van der Waals surface area contributed by atoms with Crippen LogP contribution in [0.3, 0.4) is 0 Å². The highest BCUT2D eigenvalue weighted by atomic mass is 127. The Kier molecular flexibility index (Phi) is 4.47. The van der Waals surface area contributed by atoms with Gasteiger partial charge in [0.1, 0.15) is 0 Å². The van der Waals surface area contributed by atoms with Crippen LogP contribution in [0.15, 0.2) is 18.2 Å². The number of hydrogen-bond donors (Lipinski definition) is 0. The van der Waals surface area contributed by atoms with Crippen molar-refractivity contribution in [2.24, 2.45) is 11.8 Å². The van der Waals surface area contributed by atoms with Crippen LogP contribution in [0.25, 0.3) is 0 Å². The normalized spacial score (nSPS) is 24.6. The summed E-state index contributed by atoms with van der Waals surface area (Å²) in [4.78, 5) is 12.3. The maximum atomic E-state index is 12.3. The zero-order valence-corrected chi connectivity index (χ0v) is 12.8. The second-order valence-electron chi connectivity index (χ2n) is 4.96. The van der Waals surface area contributed by atoms with E-state index in [-0.39, 0.29) is 11.7 Å². The van der Waals surface area contributed by atoms with Gasteiger partial charge in [0.15, 0.2) is 5.78 Å². The molecule has 2 rings (SSSR count). The lowest BCUT2D eigenvalue weighted by Gasteiger charge is -2.25. The molecule has 0 heterocycles. The number of benzene rings is 1. The van der Waals surface area contributed by atoms with Crippen LogP contribution in [0.4, 0.5) is 0 Å². The first-order chi connectivity index (χ1) is 8.08. The molecule has 3 heteroatoms. The van der Waals surface area contributed by atoms with E-state index in [0.29, 0.717) is 10.9 Å². The zero-order chi connectivity index (χ0) is 12.4. The standard InChI is InChI=1S/C14H16ClIO/c1-9-3-2-4-10(7-9)14(17)11-5-6-13(16)12(15)8-11/h5-6,8-10H,2-4,7H2,1H3. The lowest BCUT2D eigenvalue weighted by Crippen LogP contribution is -2.21. The number of rotatable bonds is 2. The molecule has 0 aliphatic heterocycles. The zero-order valence-electron chi connectivity index (χ0n) is 9.88. The van der Waals surface area contributed by atoms with Crippen molar-refractivity contribution < 1.29 is 4.79 Å². The monoisotopic (exact) mass is 362 g/mol. The summed E-state index contributed by atoms with van der Waals surface area (Å²) in [5, 5.41) is 0.681. The molecule has 0 amide bonds. The number of carbonyl (C=O) groups excluding carboxylic acids is 1. The molecule has 0 radical (unpaired) electrons. The minimum atomic E-state index is 0.204. The Morgan fingerprint density at radius 2 is 2.18 bits per heavy atom. The van der Waals surface area contributed by atoms with Gasteiger partial charge in [-0.15, -0.1) is 0 Å². The molecule has 0 bridgehead atoms. The van der Waals surface area contributed by atoms with Crippen molar-refractivity contribution in [2.45, 2.75) is 32.6 Å². The molecule has 2 unspecified atom stereocenters. The molecule has 17 heavy (non-hydrogen) atoms. The van der Waals surface area contributed by atoms with E-state index in [0.717, 1.165) is 22.0 Å². The van der Waals surface area contributed by atoms with Crippen molar-refractivity contribution in [3.8, 4) is 0 Å². The van der Waals surface area contributed by atoms with Crippen LogP contribution < -0.4 is 0 Å². The van der Waals surface area contributed by atoms with E-state index in [4.69, 9.17) is 11.6 Å². The Hall–Kier alpha value is -0.0900. The van der Waals surface area contributed by atoms with Crippen LogP contribution in [-0.2, 0) is 0 Å². The van der Waals surface area contributed by atoms with Gasteiger partial charge in [0.25, 0.3) is 0 Å². The second kappa shape index (κ2) is 5.70. The van der Waals surface area contributed by atoms with E-state index >= 15 is 0 Å². The Morgan fingerprint density at radius 1 is 1.41 bits per heavy atom. The number of halogens is 2. The minimum absolute atomic E-state index is 0.204. The van der Waals surface area contributed by atoms with Gasteiger partial charge in [0.05, 0.1) is 5.02 Å². The van der Waals surface area contributed by atoms with Crippen LogP contribution in [-0.4, -0.2) is 5.78 Å². The summed E-state index contributed by atoms with van der Waals surface area (Å²) in [7, 11) is 0. The maximum absolute atomic E-state index is 12.3. The Morgan fingerprint density at radius 3 is 2.82 bits per heavy atom. The van der Waals surface area contributed by atoms with Gasteiger partial charge in [-0.1, -0.05) is 37.4 Å².